The Kier molecular flexibility index (Phi) is 7.55. The van der Waals surface area contributed by atoms with Crippen LogP contribution < -0.4 is 10.6 Å². The highest BCUT2D eigenvalue weighted by molar-refractivity contribution is 5.99. The van der Waals surface area contributed by atoms with Gasteiger partial charge in [0.1, 0.15) is 0 Å². The summed E-state index contributed by atoms with van der Waals surface area (Å²) >= 11 is 0. The highest BCUT2D eigenvalue weighted by Gasteiger charge is 2.18. The third-order valence-electron chi connectivity index (χ3n) is 4.08. The molecule has 142 valence electrons. The summed E-state index contributed by atoms with van der Waals surface area (Å²) in [6.45, 7) is 2.53. The van der Waals surface area contributed by atoms with Crippen LogP contribution in [0.4, 0.5) is 0 Å². The molecule has 0 aliphatic rings. The molecule has 2 amide bonds. The third kappa shape index (κ3) is 6.26. The Labute approximate surface area is 158 Å². The SMILES string of the molecule is CCCNC(=O)c1cccc(C(=O)NC(CCC(=O)O)c2ccccc2)c1. The normalized spacial score (nSPS) is 11.4. The van der Waals surface area contributed by atoms with Crippen LogP contribution in [-0.2, 0) is 4.79 Å². The van der Waals surface area contributed by atoms with Crippen LogP contribution in [0.1, 0.15) is 58.5 Å². The molecule has 0 fully saturated rings. The fraction of sp³-hybridized carbons (Fsp3) is 0.286. The smallest absolute Gasteiger partial charge is 0.303 e. The van der Waals surface area contributed by atoms with Crippen molar-refractivity contribution in [2.75, 3.05) is 6.54 Å². The molecule has 0 saturated heterocycles. The van der Waals surface area contributed by atoms with Crippen LogP contribution in [0.25, 0.3) is 0 Å². The molecular weight excluding hydrogens is 344 g/mol. The molecule has 0 aliphatic heterocycles. The molecule has 0 radical (unpaired) electrons. The molecule has 0 bridgehead atoms. The first-order chi connectivity index (χ1) is 13.0. The van der Waals surface area contributed by atoms with Gasteiger partial charge in [-0.3, -0.25) is 14.4 Å². The minimum absolute atomic E-state index is 0.0562. The van der Waals surface area contributed by atoms with Gasteiger partial charge in [-0.1, -0.05) is 43.3 Å². The van der Waals surface area contributed by atoms with Crippen LogP contribution in [-0.4, -0.2) is 29.4 Å². The van der Waals surface area contributed by atoms with E-state index in [1.54, 1.807) is 24.3 Å². The Morgan fingerprint density at radius 2 is 1.63 bits per heavy atom. The van der Waals surface area contributed by atoms with Crippen molar-refractivity contribution < 1.29 is 19.5 Å². The van der Waals surface area contributed by atoms with Crippen LogP contribution in [0, 0.1) is 0 Å². The fourth-order valence-corrected chi connectivity index (χ4v) is 2.66. The van der Waals surface area contributed by atoms with Gasteiger partial charge in [0.05, 0.1) is 6.04 Å². The number of hydrogen-bond donors (Lipinski definition) is 3. The van der Waals surface area contributed by atoms with Gasteiger partial charge in [-0.2, -0.15) is 0 Å². The van der Waals surface area contributed by atoms with Crippen molar-refractivity contribution in [1.29, 1.82) is 0 Å². The van der Waals surface area contributed by atoms with Crippen LogP contribution >= 0.6 is 0 Å². The van der Waals surface area contributed by atoms with Crippen molar-refractivity contribution in [1.82, 2.24) is 10.6 Å². The molecule has 2 aromatic carbocycles. The number of rotatable bonds is 9. The minimum atomic E-state index is -0.917. The van der Waals surface area contributed by atoms with Gasteiger partial charge in [0.25, 0.3) is 11.8 Å². The summed E-state index contributed by atoms with van der Waals surface area (Å²) in [7, 11) is 0. The second-order valence-corrected chi connectivity index (χ2v) is 6.21. The number of carbonyl (C=O) groups excluding carboxylic acids is 2. The number of carboxylic acids is 1. The van der Waals surface area contributed by atoms with Crippen LogP contribution in [0.2, 0.25) is 0 Å². The molecule has 3 N–H and O–H groups in total. The van der Waals surface area contributed by atoms with Gasteiger partial charge in [-0.05, 0) is 36.6 Å². The molecule has 0 heterocycles. The maximum Gasteiger partial charge on any atom is 0.303 e. The van der Waals surface area contributed by atoms with E-state index in [9.17, 15) is 14.4 Å². The topological polar surface area (TPSA) is 95.5 Å². The number of hydrogen-bond acceptors (Lipinski definition) is 3. The molecule has 0 aromatic heterocycles. The van der Waals surface area contributed by atoms with Gasteiger partial charge in [0.2, 0.25) is 0 Å². The van der Waals surface area contributed by atoms with Gasteiger partial charge in [-0.15, -0.1) is 0 Å². The predicted molar refractivity (Wildman–Crippen MR) is 103 cm³/mol. The van der Waals surface area contributed by atoms with E-state index in [1.165, 1.54) is 0 Å². The number of carbonyl (C=O) groups is 3. The van der Waals surface area contributed by atoms with E-state index in [0.717, 1.165) is 12.0 Å². The summed E-state index contributed by atoms with van der Waals surface area (Å²) in [5.41, 5.74) is 1.61. The molecule has 1 unspecified atom stereocenters. The van der Waals surface area contributed by atoms with Crippen molar-refractivity contribution in [2.45, 2.75) is 32.2 Å². The lowest BCUT2D eigenvalue weighted by atomic mass is 10.0. The second kappa shape index (κ2) is 10.1. The molecule has 0 saturated carbocycles. The molecular formula is C21H24N2O4. The van der Waals surface area contributed by atoms with Crippen LogP contribution in [0.15, 0.2) is 54.6 Å². The average molecular weight is 368 g/mol. The van der Waals surface area contributed by atoms with Gasteiger partial charge >= 0.3 is 5.97 Å². The molecule has 2 aromatic rings. The number of aliphatic carboxylic acids is 1. The van der Waals surface area contributed by atoms with E-state index in [1.807, 2.05) is 37.3 Å². The summed E-state index contributed by atoms with van der Waals surface area (Å²) in [6, 6.07) is 15.3. The van der Waals surface area contributed by atoms with Crippen LogP contribution in [0.3, 0.4) is 0 Å². The van der Waals surface area contributed by atoms with Crippen molar-refractivity contribution in [3.63, 3.8) is 0 Å². The van der Waals surface area contributed by atoms with Gasteiger partial charge < -0.3 is 15.7 Å². The van der Waals surface area contributed by atoms with Gasteiger partial charge in [0.15, 0.2) is 0 Å². The fourth-order valence-electron chi connectivity index (χ4n) is 2.66. The molecule has 0 aliphatic carbocycles. The van der Waals surface area contributed by atoms with Crippen molar-refractivity contribution >= 4 is 17.8 Å². The Bertz CT molecular complexity index is 790. The second-order valence-electron chi connectivity index (χ2n) is 6.21. The number of carboxylic acid groups (broad SMARTS) is 1. The largest absolute Gasteiger partial charge is 0.481 e. The molecule has 2 rings (SSSR count). The first-order valence-electron chi connectivity index (χ1n) is 8.97. The average Bonchev–Trinajstić information content (AvgIpc) is 2.69. The summed E-state index contributed by atoms with van der Waals surface area (Å²) in [5.74, 6) is -1.49. The highest BCUT2D eigenvalue weighted by Crippen LogP contribution is 2.19. The minimum Gasteiger partial charge on any atom is -0.481 e. The van der Waals surface area contributed by atoms with Gasteiger partial charge in [-0.25, -0.2) is 0 Å². The first kappa shape index (κ1) is 20.2. The maximum absolute atomic E-state index is 12.7. The van der Waals surface area contributed by atoms with E-state index in [0.29, 0.717) is 17.7 Å². The van der Waals surface area contributed by atoms with Crippen molar-refractivity contribution in [3.05, 3.63) is 71.3 Å². The van der Waals surface area contributed by atoms with Gasteiger partial charge in [0, 0.05) is 24.1 Å². The summed E-state index contributed by atoms with van der Waals surface area (Å²) in [5, 5.41) is 14.6. The molecule has 6 heteroatoms. The summed E-state index contributed by atoms with van der Waals surface area (Å²) in [4.78, 5) is 35.7. The Hall–Kier alpha value is -3.15. The molecule has 6 nitrogen and oxygen atoms in total. The maximum atomic E-state index is 12.7. The number of amides is 2. The zero-order chi connectivity index (χ0) is 19.6. The zero-order valence-corrected chi connectivity index (χ0v) is 15.3. The van der Waals surface area contributed by atoms with E-state index in [4.69, 9.17) is 5.11 Å². The van der Waals surface area contributed by atoms with E-state index >= 15 is 0 Å². The van der Waals surface area contributed by atoms with E-state index < -0.39 is 12.0 Å². The Morgan fingerprint density at radius 1 is 0.963 bits per heavy atom. The van der Waals surface area contributed by atoms with Crippen LogP contribution in [0.5, 0.6) is 0 Å². The van der Waals surface area contributed by atoms with Crippen molar-refractivity contribution in [3.8, 4) is 0 Å². The summed E-state index contributed by atoms with van der Waals surface area (Å²) in [6.07, 6.45) is 1.05. The first-order valence-corrected chi connectivity index (χ1v) is 8.97. The highest BCUT2D eigenvalue weighted by atomic mass is 16.4. The number of benzene rings is 2. The Balaban J connectivity index is 2.14. The molecule has 0 spiro atoms. The summed E-state index contributed by atoms with van der Waals surface area (Å²) < 4.78 is 0. The quantitative estimate of drug-likeness (QED) is 0.633. The zero-order valence-electron chi connectivity index (χ0n) is 15.3. The van der Waals surface area contributed by atoms with E-state index in [-0.39, 0.29) is 24.7 Å². The lowest BCUT2D eigenvalue weighted by molar-refractivity contribution is -0.137. The lowest BCUT2D eigenvalue weighted by Crippen LogP contribution is -2.29. The third-order valence-corrected chi connectivity index (χ3v) is 4.08. The predicted octanol–water partition coefficient (Wildman–Crippen LogP) is 3.16. The standard InChI is InChI=1S/C21H24N2O4/c1-2-13-22-20(26)16-9-6-10-17(14-16)21(27)23-18(11-12-19(24)25)15-7-4-3-5-8-15/h3-10,14,18H,2,11-13H2,1H3,(H,22,26)(H,23,27)(H,24,25). The lowest BCUT2D eigenvalue weighted by Gasteiger charge is -2.19. The monoisotopic (exact) mass is 368 g/mol. The van der Waals surface area contributed by atoms with E-state index in [2.05, 4.69) is 10.6 Å². The molecule has 27 heavy (non-hydrogen) atoms. The Morgan fingerprint density at radius 3 is 2.26 bits per heavy atom. The number of nitrogens with one attached hydrogen (secondary N) is 2. The molecule has 1 atom stereocenters. The van der Waals surface area contributed by atoms with Crippen molar-refractivity contribution in [2.24, 2.45) is 0 Å².